The van der Waals surface area contributed by atoms with Crippen molar-refractivity contribution in [2.24, 2.45) is 0 Å². The molecule has 0 aromatic heterocycles. The monoisotopic (exact) mass is 415 g/mol. The van der Waals surface area contributed by atoms with Crippen LogP contribution >= 0.6 is 0 Å². The van der Waals surface area contributed by atoms with Crippen LogP contribution in [0.2, 0.25) is 0 Å². The summed E-state index contributed by atoms with van der Waals surface area (Å²) in [5.41, 5.74) is 6.94. The summed E-state index contributed by atoms with van der Waals surface area (Å²) in [4.78, 5) is 28.1. The van der Waals surface area contributed by atoms with Gasteiger partial charge in [0.15, 0.2) is 12.4 Å². The molecule has 2 aromatic rings. The number of benzene rings is 2. The number of halogens is 1. The van der Waals surface area contributed by atoms with Gasteiger partial charge in [0, 0.05) is 31.7 Å². The maximum atomic E-state index is 13.1. The zero-order valence-corrected chi connectivity index (χ0v) is 17.0. The predicted octanol–water partition coefficient (Wildman–Crippen LogP) is 2.61. The summed E-state index contributed by atoms with van der Waals surface area (Å²) in [7, 11) is 0. The van der Waals surface area contributed by atoms with E-state index in [4.69, 9.17) is 10.5 Å². The van der Waals surface area contributed by atoms with Crippen molar-refractivity contribution in [2.75, 3.05) is 25.4 Å². The molecular weight excluding hydrogens is 389 g/mol. The van der Waals surface area contributed by atoms with E-state index in [9.17, 15) is 19.1 Å². The first-order valence-electron chi connectivity index (χ1n) is 9.78. The normalized spacial score (nSPS) is 19.5. The zero-order valence-electron chi connectivity index (χ0n) is 17.0. The molecule has 0 aliphatic carbocycles. The molecule has 3 N–H and O–H groups in total. The van der Waals surface area contributed by atoms with E-state index in [0.717, 1.165) is 5.56 Å². The third-order valence-corrected chi connectivity index (χ3v) is 5.35. The number of piperazine rings is 1. The molecule has 0 radical (unpaired) electrons. The fourth-order valence-electron chi connectivity index (χ4n) is 3.69. The van der Waals surface area contributed by atoms with Gasteiger partial charge < -0.3 is 20.5 Å². The lowest BCUT2D eigenvalue weighted by Crippen LogP contribution is -2.58. The van der Waals surface area contributed by atoms with Crippen LogP contribution in [0.15, 0.2) is 42.5 Å². The van der Waals surface area contributed by atoms with Gasteiger partial charge in [0.05, 0.1) is 5.69 Å². The molecule has 7 nitrogen and oxygen atoms in total. The van der Waals surface area contributed by atoms with Crippen LogP contribution in [-0.2, 0) is 11.3 Å². The Bertz CT molecular complexity index is 919. The summed E-state index contributed by atoms with van der Waals surface area (Å²) in [6.07, 6.45) is 0. The van der Waals surface area contributed by atoms with E-state index in [-0.39, 0.29) is 47.4 Å². The average Bonchev–Trinajstić information content (AvgIpc) is 2.70. The molecule has 1 aliphatic heterocycles. The van der Waals surface area contributed by atoms with Crippen molar-refractivity contribution >= 4 is 17.6 Å². The minimum atomic E-state index is -1.17. The molecule has 1 amide bonds. The maximum absolute atomic E-state index is 13.1. The molecule has 2 aromatic carbocycles. The minimum Gasteiger partial charge on any atom is -0.481 e. The average molecular weight is 415 g/mol. The van der Waals surface area contributed by atoms with E-state index < -0.39 is 5.97 Å². The number of nitrogen functional groups attached to an aromatic ring is 1. The maximum Gasteiger partial charge on any atom is 0.339 e. The van der Waals surface area contributed by atoms with Gasteiger partial charge in [-0.3, -0.25) is 9.69 Å². The number of rotatable bonds is 6. The van der Waals surface area contributed by atoms with Crippen molar-refractivity contribution in [2.45, 2.75) is 32.5 Å². The van der Waals surface area contributed by atoms with Crippen LogP contribution in [0.3, 0.4) is 0 Å². The molecule has 2 unspecified atom stereocenters. The molecule has 1 fully saturated rings. The fourth-order valence-corrected chi connectivity index (χ4v) is 3.69. The quantitative estimate of drug-likeness (QED) is 0.704. The number of nitrogens with two attached hydrogens (primary N) is 1. The molecule has 3 rings (SSSR count). The third kappa shape index (κ3) is 4.88. The second-order valence-electron chi connectivity index (χ2n) is 7.62. The lowest BCUT2D eigenvalue weighted by Gasteiger charge is -2.44. The number of carboxylic acid groups (broad SMARTS) is 1. The number of amides is 1. The lowest BCUT2D eigenvalue weighted by molar-refractivity contribution is -0.139. The first-order chi connectivity index (χ1) is 14.3. The van der Waals surface area contributed by atoms with Crippen molar-refractivity contribution in [3.05, 3.63) is 59.4 Å². The summed E-state index contributed by atoms with van der Waals surface area (Å²) in [6, 6.07) is 10.9. The van der Waals surface area contributed by atoms with Crippen LogP contribution in [-0.4, -0.2) is 58.6 Å². The van der Waals surface area contributed by atoms with Crippen molar-refractivity contribution in [1.29, 1.82) is 0 Å². The van der Waals surface area contributed by atoms with E-state index >= 15 is 0 Å². The molecule has 0 saturated carbocycles. The van der Waals surface area contributed by atoms with Crippen molar-refractivity contribution in [1.82, 2.24) is 9.80 Å². The van der Waals surface area contributed by atoms with Crippen LogP contribution in [0.4, 0.5) is 10.1 Å². The van der Waals surface area contributed by atoms with E-state index in [1.54, 1.807) is 17.0 Å². The van der Waals surface area contributed by atoms with Crippen LogP contribution in [0.5, 0.6) is 5.75 Å². The number of carbonyl (C=O) groups is 2. The highest BCUT2D eigenvalue weighted by molar-refractivity contribution is 5.93. The van der Waals surface area contributed by atoms with Gasteiger partial charge in [0.1, 0.15) is 11.4 Å². The lowest BCUT2D eigenvalue weighted by atomic mass is 10.1. The van der Waals surface area contributed by atoms with E-state index in [1.165, 1.54) is 30.3 Å². The van der Waals surface area contributed by atoms with Crippen molar-refractivity contribution in [3.8, 4) is 5.75 Å². The fraction of sp³-hybridized carbons (Fsp3) is 0.364. The minimum absolute atomic E-state index is 0.00833. The highest BCUT2D eigenvalue weighted by Gasteiger charge is 2.32. The molecule has 1 saturated heterocycles. The van der Waals surface area contributed by atoms with E-state index in [0.29, 0.717) is 19.6 Å². The number of hydrogen-bond acceptors (Lipinski definition) is 5. The second-order valence-corrected chi connectivity index (χ2v) is 7.62. The highest BCUT2D eigenvalue weighted by Crippen LogP contribution is 2.27. The Morgan fingerprint density at radius 2 is 1.83 bits per heavy atom. The van der Waals surface area contributed by atoms with Crippen LogP contribution in [0.25, 0.3) is 0 Å². The predicted molar refractivity (Wildman–Crippen MR) is 111 cm³/mol. The number of hydrogen-bond donors (Lipinski definition) is 2. The molecule has 8 heteroatoms. The van der Waals surface area contributed by atoms with Gasteiger partial charge in [-0.2, -0.15) is 0 Å². The summed E-state index contributed by atoms with van der Waals surface area (Å²) >= 11 is 0. The Hall–Kier alpha value is -3.13. The van der Waals surface area contributed by atoms with Gasteiger partial charge in [-0.15, -0.1) is 0 Å². The Morgan fingerprint density at radius 1 is 1.13 bits per heavy atom. The summed E-state index contributed by atoms with van der Waals surface area (Å²) in [6.45, 7) is 5.56. The third-order valence-electron chi connectivity index (χ3n) is 5.35. The first kappa shape index (κ1) is 21.6. The molecule has 0 spiro atoms. The van der Waals surface area contributed by atoms with Gasteiger partial charge in [-0.1, -0.05) is 18.2 Å². The Morgan fingerprint density at radius 3 is 2.50 bits per heavy atom. The van der Waals surface area contributed by atoms with Gasteiger partial charge in [-0.05, 0) is 43.7 Å². The summed E-state index contributed by atoms with van der Waals surface area (Å²) in [5, 5.41) is 9.29. The Kier molecular flexibility index (Phi) is 6.56. The summed E-state index contributed by atoms with van der Waals surface area (Å²) < 4.78 is 18.6. The van der Waals surface area contributed by atoms with Crippen LogP contribution in [0.1, 0.15) is 29.8 Å². The number of ether oxygens (including phenoxy) is 1. The number of para-hydroxylation sites is 1. The van der Waals surface area contributed by atoms with Gasteiger partial charge in [0.2, 0.25) is 0 Å². The van der Waals surface area contributed by atoms with E-state index in [1.807, 2.05) is 13.8 Å². The Balaban J connectivity index is 1.62. The first-order valence-corrected chi connectivity index (χ1v) is 9.78. The second kappa shape index (κ2) is 9.13. The SMILES string of the molecule is CC1CN(C(=O)COc2c(N)cccc2C(=O)O)C(C)CN1Cc1ccc(F)cc1. The van der Waals surface area contributed by atoms with Crippen LogP contribution in [0, 0.1) is 5.82 Å². The van der Waals surface area contributed by atoms with Gasteiger partial charge in [-0.25, -0.2) is 9.18 Å². The standard InChI is InChI=1S/C22H26FN3O4/c1-14-11-26(15(2)10-25(14)12-16-6-8-17(23)9-7-16)20(27)13-30-21-18(22(28)29)4-3-5-19(21)24/h3-9,14-15H,10-13,24H2,1-2H3,(H,28,29). The van der Waals surface area contributed by atoms with Crippen molar-refractivity contribution < 1.29 is 23.8 Å². The molecule has 30 heavy (non-hydrogen) atoms. The Labute approximate surface area is 174 Å². The molecule has 1 aliphatic rings. The number of aromatic carboxylic acids is 1. The number of carbonyl (C=O) groups excluding carboxylic acids is 1. The zero-order chi connectivity index (χ0) is 21.8. The number of nitrogens with zero attached hydrogens (tertiary/aromatic N) is 2. The van der Waals surface area contributed by atoms with Crippen LogP contribution < -0.4 is 10.5 Å². The largest absolute Gasteiger partial charge is 0.481 e. The molecule has 1 heterocycles. The van der Waals surface area contributed by atoms with Gasteiger partial charge in [0.25, 0.3) is 5.91 Å². The molecule has 160 valence electrons. The number of carboxylic acids is 1. The summed E-state index contributed by atoms with van der Waals surface area (Å²) in [5.74, 6) is -1.65. The molecule has 2 atom stereocenters. The molecule has 0 bridgehead atoms. The highest BCUT2D eigenvalue weighted by atomic mass is 19.1. The molecular formula is C22H26FN3O4. The van der Waals surface area contributed by atoms with Gasteiger partial charge >= 0.3 is 5.97 Å². The number of anilines is 1. The topological polar surface area (TPSA) is 96.1 Å². The smallest absolute Gasteiger partial charge is 0.339 e. The van der Waals surface area contributed by atoms with E-state index in [2.05, 4.69) is 4.90 Å². The van der Waals surface area contributed by atoms with Crippen molar-refractivity contribution in [3.63, 3.8) is 0 Å².